The van der Waals surface area contributed by atoms with Crippen molar-refractivity contribution in [2.75, 3.05) is 5.73 Å². The van der Waals surface area contributed by atoms with E-state index in [0.29, 0.717) is 21.6 Å². The normalized spacial score (nSPS) is 10.8. The van der Waals surface area contributed by atoms with Crippen LogP contribution in [0.15, 0.2) is 18.3 Å². The molecule has 1 aromatic carbocycles. The fourth-order valence-electron chi connectivity index (χ4n) is 1.21. The molecular weight excluding hydrogens is 317 g/mol. The second kappa shape index (κ2) is 3.51. The number of aromatic nitrogens is 1. The number of benzene rings is 1. The lowest BCUT2D eigenvalue weighted by atomic mass is 10.2. The number of fused-ring (bicyclic) bond motifs is 1. The number of anilines is 1. The molecule has 0 radical (unpaired) electrons. The number of hydrogen-bond donors (Lipinski definition) is 1. The SMILES string of the molecule is Nc1cnc2c(I)cc(F)cc2c1Cl. The predicted octanol–water partition coefficient (Wildman–Crippen LogP) is 3.21. The molecule has 0 aliphatic carbocycles. The first-order chi connectivity index (χ1) is 6.59. The molecule has 2 rings (SSSR count). The van der Waals surface area contributed by atoms with Crippen LogP contribution >= 0.6 is 34.2 Å². The second-order valence-electron chi connectivity index (χ2n) is 2.81. The second-order valence-corrected chi connectivity index (χ2v) is 4.35. The van der Waals surface area contributed by atoms with Gasteiger partial charge in [0, 0.05) is 8.96 Å². The van der Waals surface area contributed by atoms with E-state index in [1.807, 2.05) is 22.6 Å². The summed E-state index contributed by atoms with van der Waals surface area (Å²) in [6.07, 6.45) is 1.48. The molecule has 0 spiro atoms. The van der Waals surface area contributed by atoms with Crippen molar-refractivity contribution >= 4 is 50.8 Å². The van der Waals surface area contributed by atoms with Gasteiger partial charge in [0.25, 0.3) is 0 Å². The number of nitrogens with zero attached hydrogens (tertiary/aromatic N) is 1. The summed E-state index contributed by atoms with van der Waals surface area (Å²) >= 11 is 7.95. The number of rotatable bonds is 0. The zero-order valence-corrected chi connectivity index (χ0v) is 9.80. The highest BCUT2D eigenvalue weighted by Crippen LogP contribution is 2.30. The molecule has 0 saturated heterocycles. The average Bonchev–Trinajstić information content (AvgIpc) is 2.12. The molecule has 2 N–H and O–H groups in total. The van der Waals surface area contributed by atoms with E-state index in [1.54, 1.807) is 0 Å². The van der Waals surface area contributed by atoms with Crippen LogP contribution in [0.4, 0.5) is 10.1 Å². The lowest BCUT2D eigenvalue weighted by molar-refractivity contribution is 0.629. The highest BCUT2D eigenvalue weighted by Gasteiger charge is 2.08. The molecule has 0 unspecified atom stereocenters. The van der Waals surface area contributed by atoms with Gasteiger partial charge in [-0.3, -0.25) is 4.98 Å². The van der Waals surface area contributed by atoms with Crippen molar-refractivity contribution < 1.29 is 4.39 Å². The Bertz CT molecular complexity index is 516. The van der Waals surface area contributed by atoms with E-state index >= 15 is 0 Å². The third kappa shape index (κ3) is 1.52. The van der Waals surface area contributed by atoms with Gasteiger partial charge >= 0.3 is 0 Å². The Labute approximate surface area is 98.4 Å². The van der Waals surface area contributed by atoms with Gasteiger partial charge in [-0.05, 0) is 34.7 Å². The number of hydrogen-bond acceptors (Lipinski definition) is 2. The fourth-order valence-corrected chi connectivity index (χ4v) is 2.13. The average molecular weight is 323 g/mol. The summed E-state index contributed by atoms with van der Waals surface area (Å²) in [5.74, 6) is -0.337. The lowest BCUT2D eigenvalue weighted by Crippen LogP contribution is -1.92. The van der Waals surface area contributed by atoms with Crippen LogP contribution in [-0.2, 0) is 0 Å². The van der Waals surface area contributed by atoms with Crippen LogP contribution in [0.1, 0.15) is 0 Å². The van der Waals surface area contributed by atoms with Gasteiger partial charge in [0.15, 0.2) is 0 Å². The topological polar surface area (TPSA) is 38.9 Å². The van der Waals surface area contributed by atoms with Crippen LogP contribution in [0.3, 0.4) is 0 Å². The Morgan fingerprint density at radius 1 is 1.43 bits per heavy atom. The summed E-state index contributed by atoms with van der Waals surface area (Å²) in [5, 5.41) is 0.906. The summed E-state index contributed by atoms with van der Waals surface area (Å²) in [6, 6.07) is 2.74. The molecule has 5 heteroatoms. The Hall–Kier alpha value is -0.620. The number of halogens is 3. The first-order valence-corrected chi connectivity index (χ1v) is 5.24. The van der Waals surface area contributed by atoms with Gasteiger partial charge in [0.2, 0.25) is 0 Å². The molecule has 0 amide bonds. The van der Waals surface area contributed by atoms with E-state index in [-0.39, 0.29) is 5.82 Å². The molecule has 0 bridgehead atoms. The lowest BCUT2D eigenvalue weighted by Gasteiger charge is -2.04. The van der Waals surface area contributed by atoms with Crippen molar-refractivity contribution in [3.63, 3.8) is 0 Å². The molecule has 0 aliphatic heterocycles. The smallest absolute Gasteiger partial charge is 0.125 e. The fraction of sp³-hybridized carbons (Fsp3) is 0. The van der Waals surface area contributed by atoms with Crippen molar-refractivity contribution in [2.45, 2.75) is 0 Å². The zero-order chi connectivity index (χ0) is 10.3. The molecule has 2 aromatic rings. The van der Waals surface area contributed by atoms with E-state index in [0.717, 1.165) is 3.57 Å². The van der Waals surface area contributed by atoms with Gasteiger partial charge < -0.3 is 5.73 Å². The molecule has 0 aliphatic rings. The highest BCUT2D eigenvalue weighted by atomic mass is 127. The third-order valence-corrected chi connectivity index (χ3v) is 3.09. The summed E-state index contributed by atoms with van der Waals surface area (Å²) < 4.78 is 13.8. The maximum absolute atomic E-state index is 13.1. The van der Waals surface area contributed by atoms with Gasteiger partial charge in [0.05, 0.1) is 22.4 Å². The van der Waals surface area contributed by atoms with Crippen LogP contribution in [-0.4, -0.2) is 4.98 Å². The standard InChI is InChI=1S/C9H5ClFIN2/c10-8-5-1-4(11)2-6(12)9(5)14-3-7(8)13/h1-3H,13H2. The van der Waals surface area contributed by atoms with Gasteiger partial charge in [-0.1, -0.05) is 11.6 Å². The first kappa shape index (κ1) is 9.92. The Kier molecular flexibility index (Phi) is 2.48. The van der Waals surface area contributed by atoms with E-state index in [4.69, 9.17) is 17.3 Å². The van der Waals surface area contributed by atoms with Crippen molar-refractivity contribution in [2.24, 2.45) is 0 Å². The third-order valence-electron chi connectivity index (χ3n) is 1.85. The zero-order valence-electron chi connectivity index (χ0n) is 6.89. The summed E-state index contributed by atoms with van der Waals surface area (Å²) in [4.78, 5) is 4.10. The van der Waals surface area contributed by atoms with Crippen molar-refractivity contribution in [1.82, 2.24) is 4.98 Å². The minimum atomic E-state index is -0.337. The Morgan fingerprint density at radius 3 is 2.86 bits per heavy atom. The van der Waals surface area contributed by atoms with Gasteiger partial charge in [-0.25, -0.2) is 4.39 Å². The number of nitrogen functional groups attached to an aromatic ring is 1. The van der Waals surface area contributed by atoms with Crippen LogP contribution in [0.25, 0.3) is 10.9 Å². The minimum absolute atomic E-state index is 0.337. The summed E-state index contributed by atoms with van der Waals surface area (Å²) in [6.45, 7) is 0. The maximum Gasteiger partial charge on any atom is 0.125 e. The largest absolute Gasteiger partial charge is 0.396 e. The summed E-state index contributed by atoms with van der Waals surface area (Å²) in [5.41, 5.74) is 6.60. The monoisotopic (exact) mass is 322 g/mol. The Balaban J connectivity index is 2.95. The van der Waals surface area contributed by atoms with Crippen molar-refractivity contribution in [1.29, 1.82) is 0 Å². The Morgan fingerprint density at radius 2 is 2.14 bits per heavy atom. The van der Waals surface area contributed by atoms with Crippen LogP contribution < -0.4 is 5.73 Å². The first-order valence-electron chi connectivity index (χ1n) is 3.78. The molecule has 0 atom stereocenters. The molecule has 0 saturated carbocycles. The molecule has 72 valence electrons. The quantitative estimate of drug-likeness (QED) is 0.757. The van der Waals surface area contributed by atoms with Crippen LogP contribution in [0.2, 0.25) is 5.02 Å². The molecule has 0 fully saturated rings. The molecule has 2 nitrogen and oxygen atoms in total. The molecule has 1 aromatic heterocycles. The van der Waals surface area contributed by atoms with Crippen molar-refractivity contribution in [3.8, 4) is 0 Å². The van der Waals surface area contributed by atoms with E-state index in [2.05, 4.69) is 4.98 Å². The van der Waals surface area contributed by atoms with Gasteiger partial charge in [-0.15, -0.1) is 0 Å². The van der Waals surface area contributed by atoms with Crippen LogP contribution in [0, 0.1) is 9.39 Å². The van der Waals surface area contributed by atoms with Crippen molar-refractivity contribution in [3.05, 3.63) is 32.7 Å². The summed E-state index contributed by atoms with van der Waals surface area (Å²) in [7, 11) is 0. The van der Waals surface area contributed by atoms with Gasteiger partial charge in [0.1, 0.15) is 5.82 Å². The predicted molar refractivity (Wildman–Crippen MR) is 63.8 cm³/mol. The van der Waals surface area contributed by atoms with Crippen LogP contribution in [0.5, 0.6) is 0 Å². The highest BCUT2D eigenvalue weighted by molar-refractivity contribution is 14.1. The van der Waals surface area contributed by atoms with E-state index < -0.39 is 0 Å². The number of pyridine rings is 1. The molecule has 14 heavy (non-hydrogen) atoms. The van der Waals surface area contributed by atoms with E-state index in [9.17, 15) is 4.39 Å². The maximum atomic E-state index is 13.1. The number of nitrogens with two attached hydrogens (primary N) is 1. The van der Waals surface area contributed by atoms with Gasteiger partial charge in [-0.2, -0.15) is 0 Å². The van der Waals surface area contributed by atoms with E-state index in [1.165, 1.54) is 18.3 Å². The molecule has 1 heterocycles. The molecular formula is C9H5ClFIN2. The minimum Gasteiger partial charge on any atom is -0.396 e.